The minimum Gasteiger partial charge on any atom is -0.392 e. The van der Waals surface area contributed by atoms with Gasteiger partial charge in [0.25, 0.3) is 0 Å². The molecule has 2 aliphatic rings. The Kier molecular flexibility index (Phi) is 5.23. The highest BCUT2D eigenvalue weighted by Gasteiger charge is 2.56. The minimum atomic E-state index is -0.284. The summed E-state index contributed by atoms with van der Waals surface area (Å²) in [6, 6.07) is 8.05. The second kappa shape index (κ2) is 7.46. The zero-order chi connectivity index (χ0) is 18.1. The summed E-state index contributed by atoms with van der Waals surface area (Å²) in [4.78, 5) is 19.1. The van der Waals surface area contributed by atoms with Gasteiger partial charge in [0.05, 0.1) is 28.2 Å². The van der Waals surface area contributed by atoms with Crippen molar-refractivity contribution in [3.63, 3.8) is 0 Å². The van der Waals surface area contributed by atoms with Gasteiger partial charge >= 0.3 is 0 Å². The third kappa shape index (κ3) is 3.26. The molecule has 140 valence electrons. The number of hydrogen-bond acceptors (Lipinski definition) is 6. The number of ether oxygens (including phenoxy) is 1. The maximum absolute atomic E-state index is 12.6. The lowest BCUT2D eigenvalue weighted by Gasteiger charge is -2.56. The molecule has 1 saturated carbocycles. The van der Waals surface area contributed by atoms with E-state index in [2.05, 4.69) is 11.1 Å². The molecule has 1 aliphatic carbocycles. The Hall–Kier alpha value is -1.15. The zero-order valence-corrected chi connectivity index (χ0v) is 16.5. The number of carbonyl (C=O) groups excluding carboxylic acids is 1. The number of para-hydroxylation sites is 1. The van der Waals surface area contributed by atoms with E-state index >= 15 is 0 Å². The van der Waals surface area contributed by atoms with Crippen LogP contribution in [-0.2, 0) is 9.53 Å². The smallest absolute Gasteiger partial charge is 0.233 e. The Balaban J connectivity index is 1.31. The van der Waals surface area contributed by atoms with Crippen molar-refractivity contribution in [1.29, 1.82) is 0 Å². The largest absolute Gasteiger partial charge is 0.392 e. The number of aromatic nitrogens is 1. The van der Waals surface area contributed by atoms with Gasteiger partial charge in [-0.3, -0.25) is 4.79 Å². The van der Waals surface area contributed by atoms with Crippen LogP contribution in [0.1, 0.15) is 26.2 Å². The van der Waals surface area contributed by atoms with Crippen molar-refractivity contribution >= 4 is 39.2 Å². The molecule has 1 aromatic carbocycles. The lowest BCUT2D eigenvalue weighted by molar-refractivity contribution is -0.209. The standard InChI is InChI=1S/C19H24N2O3S2/c1-2-24-16-11-15(22)19(16)7-9-21(10-8-19)17(23)12-25-18-20-13-5-3-4-6-14(13)26-18/h3-6,15-16,22H,2,7-12H2,1H3/t15-,16-/m1/s1. The van der Waals surface area contributed by atoms with E-state index < -0.39 is 0 Å². The average molecular weight is 393 g/mol. The van der Waals surface area contributed by atoms with E-state index in [9.17, 15) is 9.90 Å². The molecule has 2 fully saturated rings. The molecule has 2 atom stereocenters. The molecule has 5 nitrogen and oxygen atoms in total. The normalized spacial score (nSPS) is 24.8. The van der Waals surface area contributed by atoms with Gasteiger partial charge in [-0.25, -0.2) is 4.98 Å². The molecule has 1 N–H and O–H groups in total. The van der Waals surface area contributed by atoms with Crippen molar-refractivity contribution in [2.75, 3.05) is 25.4 Å². The molecule has 1 aliphatic heterocycles. The number of benzene rings is 1. The van der Waals surface area contributed by atoms with Crippen LogP contribution in [0.2, 0.25) is 0 Å². The average Bonchev–Trinajstić information content (AvgIpc) is 3.09. The first-order valence-electron chi connectivity index (χ1n) is 9.18. The van der Waals surface area contributed by atoms with Gasteiger partial charge in [-0.1, -0.05) is 23.9 Å². The summed E-state index contributed by atoms with van der Waals surface area (Å²) in [5.74, 6) is 0.579. The topological polar surface area (TPSA) is 62.7 Å². The Bertz CT molecular complexity index is 751. The van der Waals surface area contributed by atoms with Gasteiger partial charge in [-0.05, 0) is 31.9 Å². The van der Waals surface area contributed by atoms with Gasteiger partial charge in [0.15, 0.2) is 4.34 Å². The van der Waals surface area contributed by atoms with Gasteiger partial charge in [0.1, 0.15) is 0 Å². The molecular weight excluding hydrogens is 368 g/mol. The summed E-state index contributed by atoms with van der Waals surface area (Å²) in [7, 11) is 0. The second-order valence-corrected chi connectivity index (χ2v) is 9.30. The fourth-order valence-corrected chi connectivity index (χ4v) is 6.09. The summed E-state index contributed by atoms with van der Waals surface area (Å²) in [5, 5.41) is 10.3. The van der Waals surface area contributed by atoms with E-state index in [1.165, 1.54) is 11.8 Å². The van der Waals surface area contributed by atoms with Gasteiger partial charge < -0.3 is 14.7 Å². The number of thioether (sulfide) groups is 1. The predicted molar refractivity (Wildman–Crippen MR) is 105 cm³/mol. The van der Waals surface area contributed by atoms with Crippen molar-refractivity contribution in [3.8, 4) is 0 Å². The molecule has 1 saturated heterocycles. The number of hydrogen-bond donors (Lipinski definition) is 1. The molecule has 7 heteroatoms. The van der Waals surface area contributed by atoms with Crippen molar-refractivity contribution < 1.29 is 14.6 Å². The van der Waals surface area contributed by atoms with E-state index in [0.29, 0.717) is 25.4 Å². The Morgan fingerprint density at radius 1 is 1.42 bits per heavy atom. The summed E-state index contributed by atoms with van der Waals surface area (Å²) < 4.78 is 7.90. The van der Waals surface area contributed by atoms with Crippen molar-refractivity contribution in [2.45, 2.75) is 42.7 Å². The zero-order valence-electron chi connectivity index (χ0n) is 14.9. The lowest BCUT2D eigenvalue weighted by Crippen LogP contribution is -2.62. The number of likely N-dealkylation sites (tertiary alicyclic amines) is 1. The van der Waals surface area contributed by atoms with Crippen molar-refractivity contribution in [1.82, 2.24) is 9.88 Å². The molecule has 1 aromatic heterocycles. The first kappa shape index (κ1) is 18.2. The number of amides is 1. The molecule has 1 amide bonds. The van der Waals surface area contributed by atoms with Crippen molar-refractivity contribution in [2.24, 2.45) is 5.41 Å². The molecular formula is C19H24N2O3S2. The van der Waals surface area contributed by atoms with Gasteiger partial charge in [-0.15, -0.1) is 11.3 Å². The lowest BCUT2D eigenvalue weighted by atomic mass is 9.58. The molecule has 26 heavy (non-hydrogen) atoms. The van der Waals surface area contributed by atoms with Crippen LogP contribution in [0.5, 0.6) is 0 Å². The number of nitrogens with zero attached hydrogens (tertiary/aromatic N) is 2. The molecule has 0 unspecified atom stereocenters. The first-order chi connectivity index (χ1) is 12.6. The summed E-state index contributed by atoms with van der Waals surface area (Å²) in [5.41, 5.74) is 0.862. The highest BCUT2D eigenvalue weighted by molar-refractivity contribution is 8.01. The van der Waals surface area contributed by atoms with Gasteiger partial charge in [-0.2, -0.15) is 0 Å². The molecule has 1 spiro atoms. The fraction of sp³-hybridized carbons (Fsp3) is 0.579. The van der Waals surface area contributed by atoms with Crippen LogP contribution in [0, 0.1) is 5.41 Å². The predicted octanol–water partition coefficient (Wildman–Crippen LogP) is 3.17. The molecule has 0 radical (unpaired) electrons. The van der Waals surface area contributed by atoms with Gasteiger partial charge in [0.2, 0.25) is 5.91 Å². The number of aliphatic hydroxyl groups is 1. The van der Waals surface area contributed by atoms with Crippen LogP contribution < -0.4 is 0 Å². The van der Waals surface area contributed by atoms with Crippen LogP contribution in [-0.4, -0.2) is 58.6 Å². The third-order valence-electron chi connectivity index (χ3n) is 5.75. The van der Waals surface area contributed by atoms with Crippen LogP contribution in [0.4, 0.5) is 0 Å². The van der Waals surface area contributed by atoms with Crippen molar-refractivity contribution in [3.05, 3.63) is 24.3 Å². The van der Waals surface area contributed by atoms with Crippen LogP contribution in [0.3, 0.4) is 0 Å². The number of piperidine rings is 1. The van der Waals surface area contributed by atoms with E-state index in [-0.39, 0.29) is 23.5 Å². The van der Waals surface area contributed by atoms with E-state index in [1.807, 2.05) is 30.0 Å². The Labute approximate surface area is 161 Å². The monoisotopic (exact) mass is 392 g/mol. The van der Waals surface area contributed by atoms with E-state index in [1.54, 1.807) is 11.3 Å². The third-order valence-corrected chi connectivity index (χ3v) is 7.91. The van der Waals surface area contributed by atoms with Crippen LogP contribution in [0.25, 0.3) is 10.2 Å². The second-order valence-electron chi connectivity index (χ2n) is 7.05. The van der Waals surface area contributed by atoms with E-state index in [4.69, 9.17) is 4.74 Å². The summed E-state index contributed by atoms with van der Waals surface area (Å²) >= 11 is 3.15. The maximum Gasteiger partial charge on any atom is 0.233 e. The first-order valence-corrected chi connectivity index (χ1v) is 11.0. The highest BCUT2D eigenvalue weighted by atomic mass is 32.2. The minimum absolute atomic E-state index is 0.132. The SMILES string of the molecule is CCO[C@@H]1C[C@@H](O)C12CCN(C(=O)CSc1nc3ccccc3s1)CC2. The number of fused-ring (bicyclic) bond motifs is 1. The Morgan fingerprint density at radius 3 is 2.88 bits per heavy atom. The van der Waals surface area contributed by atoms with Crippen LogP contribution in [0.15, 0.2) is 28.6 Å². The number of thiazole rings is 1. The summed E-state index contributed by atoms with van der Waals surface area (Å²) in [6.45, 7) is 4.09. The number of rotatable bonds is 5. The summed E-state index contributed by atoms with van der Waals surface area (Å²) in [6.07, 6.45) is 2.26. The molecule has 0 bridgehead atoms. The van der Waals surface area contributed by atoms with Gasteiger partial charge in [0, 0.05) is 31.5 Å². The number of carbonyl (C=O) groups is 1. The Morgan fingerprint density at radius 2 is 2.19 bits per heavy atom. The highest BCUT2D eigenvalue weighted by Crippen LogP contribution is 2.51. The maximum atomic E-state index is 12.6. The molecule has 4 rings (SSSR count). The van der Waals surface area contributed by atoms with Crippen LogP contribution >= 0.6 is 23.1 Å². The fourth-order valence-electron chi connectivity index (χ4n) is 4.12. The number of aliphatic hydroxyl groups excluding tert-OH is 1. The van der Waals surface area contributed by atoms with E-state index in [0.717, 1.165) is 33.8 Å². The molecule has 2 aromatic rings. The molecule has 2 heterocycles. The quantitative estimate of drug-likeness (QED) is 0.792.